The molecule has 1 heterocycles. The molecule has 5 nitrogen and oxygen atoms in total. The molecule has 0 unspecified atom stereocenters. The minimum Gasteiger partial charge on any atom is -0.491 e. The normalized spacial score (nSPS) is 20.7. The number of hydrogen-bond donors (Lipinski definition) is 2. The molecule has 0 aromatic heterocycles. The van der Waals surface area contributed by atoms with Crippen LogP contribution >= 0.6 is 0 Å². The molecule has 2 aromatic rings. The van der Waals surface area contributed by atoms with Gasteiger partial charge in [-0.15, -0.1) is 0 Å². The summed E-state index contributed by atoms with van der Waals surface area (Å²) in [4.78, 5) is 2.25. The van der Waals surface area contributed by atoms with Gasteiger partial charge in [-0.2, -0.15) is 0 Å². The second-order valence-corrected chi connectivity index (χ2v) is 6.86. The molecule has 1 aliphatic heterocycles. The minimum absolute atomic E-state index is 0.00476. The molecule has 0 amide bonds. The first kappa shape index (κ1) is 18.7. The first-order valence-corrected chi connectivity index (χ1v) is 9.12. The van der Waals surface area contributed by atoms with Crippen LogP contribution in [0.25, 0.3) is 0 Å². The van der Waals surface area contributed by atoms with Crippen molar-refractivity contribution in [1.29, 1.82) is 0 Å². The van der Waals surface area contributed by atoms with Crippen molar-refractivity contribution in [3.8, 4) is 11.5 Å². The van der Waals surface area contributed by atoms with Crippen LogP contribution in [-0.4, -0.2) is 53.6 Å². The molecule has 140 valence electrons. The molecule has 0 bridgehead atoms. The Kier molecular flexibility index (Phi) is 6.50. The van der Waals surface area contributed by atoms with Crippen molar-refractivity contribution in [3.05, 3.63) is 60.2 Å². The summed E-state index contributed by atoms with van der Waals surface area (Å²) in [6.07, 6.45) is 1.69. The second kappa shape index (κ2) is 9.03. The maximum absolute atomic E-state index is 10.9. The molecule has 3 rings (SSSR count). The molecule has 1 aliphatic rings. The van der Waals surface area contributed by atoms with Crippen molar-refractivity contribution in [2.75, 3.05) is 32.9 Å². The Morgan fingerprint density at radius 3 is 2.62 bits per heavy atom. The maximum Gasteiger partial charge on any atom is 0.119 e. The van der Waals surface area contributed by atoms with Crippen LogP contribution < -0.4 is 9.47 Å². The summed E-state index contributed by atoms with van der Waals surface area (Å²) in [7, 11) is 0. The molecule has 2 N–H and O–H groups in total. The van der Waals surface area contributed by atoms with Crippen LogP contribution in [0.3, 0.4) is 0 Å². The van der Waals surface area contributed by atoms with Crippen molar-refractivity contribution in [2.24, 2.45) is 0 Å². The lowest BCUT2D eigenvalue weighted by Gasteiger charge is -2.39. The lowest BCUT2D eigenvalue weighted by molar-refractivity contribution is -0.0621. The van der Waals surface area contributed by atoms with Crippen LogP contribution in [0.5, 0.6) is 11.5 Å². The van der Waals surface area contributed by atoms with Gasteiger partial charge in [0.2, 0.25) is 0 Å². The minimum atomic E-state index is -0.834. The van der Waals surface area contributed by atoms with E-state index in [1.54, 1.807) is 0 Å². The van der Waals surface area contributed by atoms with Crippen LogP contribution in [0.2, 0.25) is 0 Å². The molecule has 1 atom stereocenters. The Bertz CT molecular complexity index is 679. The van der Waals surface area contributed by atoms with Crippen LogP contribution in [-0.2, 0) is 6.54 Å². The van der Waals surface area contributed by atoms with E-state index in [0.717, 1.165) is 43.0 Å². The predicted molar refractivity (Wildman–Crippen MR) is 100 cm³/mol. The van der Waals surface area contributed by atoms with Gasteiger partial charge in [-0.3, -0.25) is 4.90 Å². The molecule has 2 aromatic carbocycles. The Morgan fingerprint density at radius 1 is 1.00 bits per heavy atom. The lowest BCUT2D eigenvalue weighted by atomic mass is 9.93. The summed E-state index contributed by atoms with van der Waals surface area (Å²) in [6, 6.07) is 17.5. The van der Waals surface area contributed by atoms with Gasteiger partial charge in [0.1, 0.15) is 30.3 Å². The van der Waals surface area contributed by atoms with Crippen LogP contribution in [0.1, 0.15) is 18.4 Å². The van der Waals surface area contributed by atoms with Gasteiger partial charge >= 0.3 is 0 Å². The average molecular weight is 357 g/mol. The van der Waals surface area contributed by atoms with Gasteiger partial charge in [-0.05, 0) is 49.2 Å². The number of likely N-dealkylation sites (tertiary alicyclic amines) is 1. The molecule has 1 fully saturated rings. The van der Waals surface area contributed by atoms with E-state index >= 15 is 0 Å². The van der Waals surface area contributed by atoms with Crippen molar-refractivity contribution in [1.82, 2.24) is 4.90 Å². The molecule has 0 aliphatic carbocycles. The highest BCUT2D eigenvalue weighted by Crippen LogP contribution is 2.25. The zero-order valence-corrected chi connectivity index (χ0v) is 15.0. The summed E-state index contributed by atoms with van der Waals surface area (Å²) >= 11 is 0. The second-order valence-electron chi connectivity index (χ2n) is 6.86. The highest BCUT2D eigenvalue weighted by atomic mass is 16.5. The van der Waals surface area contributed by atoms with Gasteiger partial charge in [-0.25, -0.2) is 0 Å². The number of rotatable bonds is 8. The highest BCUT2D eigenvalue weighted by molar-refractivity contribution is 5.28. The largest absolute Gasteiger partial charge is 0.491 e. The summed E-state index contributed by atoms with van der Waals surface area (Å²) < 4.78 is 11.3. The molecular formula is C21H27NO4. The number of nitrogens with zero attached hydrogens (tertiary/aromatic N) is 1. The topological polar surface area (TPSA) is 62.2 Å². The van der Waals surface area contributed by atoms with Crippen molar-refractivity contribution >= 4 is 0 Å². The summed E-state index contributed by atoms with van der Waals surface area (Å²) in [6.45, 7) is 2.89. The summed E-state index contributed by atoms with van der Waals surface area (Å²) in [5, 5.41) is 19.8. The van der Waals surface area contributed by atoms with Crippen molar-refractivity contribution < 1.29 is 19.7 Å². The predicted octanol–water partition coefficient (Wildman–Crippen LogP) is 2.46. The Balaban J connectivity index is 1.56. The van der Waals surface area contributed by atoms with E-state index < -0.39 is 5.60 Å². The fraction of sp³-hybridized carbons (Fsp3) is 0.429. The Hall–Kier alpha value is -2.08. The number of β-amino-alcohol motifs (C(OH)–C–C–N with tert-alkyl or cyclic N) is 1. The number of aliphatic hydroxyl groups is 2. The van der Waals surface area contributed by atoms with E-state index in [2.05, 4.69) is 11.0 Å². The van der Waals surface area contributed by atoms with Crippen LogP contribution in [0.4, 0.5) is 0 Å². The van der Waals surface area contributed by atoms with Gasteiger partial charge < -0.3 is 19.7 Å². The van der Waals surface area contributed by atoms with E-state index in [4.69, 9.17) is 14.6 Å². The monoisotopic (exact) mass is 357 g/mol. The van der Waals surface area contributed by atoms with E-state index in [0.29, 0.717) is 19.8 Å². The van der Waals surface area contributed by atoms with E-state index in [1.807, 2.05) is 48.5 Å². The zero-order valence-electron chi connectivity index (χ0n) is 15.0. The SMILES string of the molecule is OCCOc1cccc(CN2CCC[C@@](O)(COc3ccccc3)C2)c1. The molecule has 0 saturated carbocycles. The lowest BCUT2D eigenvalue weighted by Crippen LogP contribution is -2.51. The number of aliphatic hydroxyl groups excluding tert-OH is 1. The number of para-hydroxylation sites is 1. The number of benzene rings is 2. The third kappa shape index (κ3) is 5.46. The first-order chi connectivity index (χ1) is 12.7. The molecule has 5 heteroatoms. The summed E-state index contributed by atoms with van der Waals surface area (Å²) in [5.74, 6) is 1.54. The quantitative estimate of drug-likeness (QED) is 0.760. The van der Waals surface area contributed by atoms with Gasteiger partial charge in [0.05, 0.1) is 6.61 Å². The molecule has 1 saturated heterocycles. The van der Waals surface area contributed by atoms with Gasteiger partial charge in [0.15, 0.2) is 0 Å². The van der Waals surface area contributed by atoms with Gasteiger partial charge in [0.25, 0.3) is 0 Å². The third-order valence-corrected chi connectivity index (χ3v) is 4.55. The Morgan fingerprint density at radius 2 is 1.81 bits per heavy atom. The van der Waals surface area contributed by atoms with E-state index in [9.17, 15) is 5.11 Å². The molecular weight excluding hydrogens is 330 g/mol. The number of hydrogen-bond acceptors (Lipinski definition) is 5. The van der Waals surface area contributed by atoms with Crippen molar-refractivity contribution in [2.45, 2.75) is 25.0 Å². The number of piperidine rings is 1. The fourth-order valence-electron chi connectivity index (χ4n) is 3.35. The summed E-state index contributed by atoms with van der Waals surface area (Å²) in [5.41, 5.74) is 0.299. The van der Waals surface area contributed by atoms with Crippen LogP contribution in [0, 0.1) is 0 Å². The third-order valence-electron chi connectivity index (χ3n) is 4.55. The zero-order chi connectivity index (χ0) is 18.2. The van der Waals surface area contributed by atoms with E-state index in [-0.39, 0.29) is 6.61 Å². The first-order valence-electron chi connectivity index (χ1n) is 9.12. The number of ether oxygens (including phenoxy) is 2. The standard InChI is InChI=1S/C21H27NO4/c23-12-13-25-20-9-4-6-18(14-20)15-22-11-5-10-21(24,16-22)17-26-19-7-2-1-3-8-19/h1-4,6-9,14,23-24H,5,10-13,15-17H2/t21-/m0/s1. The van der Waals surface area contributed by atoms with Gasteiger partial charge in [0, 0.05) is 13.1 Å². The highest BCUT2D eigenvalue weighted by Gasteiger charge is 2.34. The average Bonchev–Trinajstić information content (AvgIpc) is 2.66. The molecule has 0 radical (unpaired) electrons. The van der Waals surface area contributed by atoms with Crippen LogP contribution in [0.15, 0.2) is 54.6 Å². The van der Waals surface area contributed by atoms with E-state index in [1.165, 1.54) is 0 Å². The maximum atomic E-state index is 10.9. The molecule has 0 spiro atoms. The van der Waals surface area contributed by atoms with Gasteiger partial charge in [-0.1, -0.05) is 30.3 Å². The molecule has 26 heavy (non-hydrogen) atoms. The van der Waals surface area contributed by atoms with Crippen molar-refractivity contribution in [3.63, 3.8) is 0 Å². The fourth-order valence-corrected chi connectivity index (χ4v) is 3.35. The smallest absolute Gasteiger partial charge is 0.119 e. The Labute approximate surface area is 154 Å².